The highest BCUT2D eigenvalue weighted by atomic mass is 15.2. The fourth-order valence-corrected chi connectivity index (χ4v) is 4.11. The van der Waals surface area contributed by atoms with Gasteiger partial charge in [-0.25, -0.2) is 0 Å². The predicted molar refractivity (Wildman–Crippen MR) is 92.7 cm³/mol. The van der Waals surface area contributed by atoms with Gasteiger partial charge in [0.25, 0.3) is 0 Å². The molecule has 1 saturated heterocycles. The van der Waals surface area contributed by atoms with E-state index in [1.165, 1.54) is 11.1 Å². The molecule has 1 aromatic carbocycles. The van der Waals surface area contributed by atoms with Crippen molar-refractivity contribution in [2.24, 2.45) is 11.8 Å². The van der Waals surface area contributed by atoms with E-state index in [4.69, 9.17) is 0 Å². The number of rotatable bonds is 3. The summed E-state index contributed by atoms with van der Waals surface area (Å²) in [6.45, 7) is 3.28. The summed E-state index contributed by atoms with van der Waals surface area (Å²) in [5, 5.41) is 0. The van der Waals surface area contributed by atoms with E-state index in [9.17, 15) is 0 Å². The maximum absolute atomic E-state index is 2.69. The number of nitrogens with zero attached hydrogens (tertiary/aromatic N) is 1. The molecule has 0 saturated carbocycles. The van der Waals surface area contributed by atoms with Gasteiger partial charge in [0.05, 0.1) is 0 Å². The first-order chi connectivity index (χ1) is 10.8. The number of hydrogen-bond acceptors (Lipinski definition) is 1. The van der Waals surface area contributed by atoms with Crippen LogP contribution in [-0.2, 0) is 6.42 Å². The van der Waals surface area contributed by atoms with Gasteiger partial charge in [0.2, 0.25) is 0 Å². The molecule has 0 bridgehead atoms. The van der Waals surface area contributed by atoms with Gasteiger partial charge in [-0.05, 0) is 18.9 Å². The predicted octanol–water partition coefficient (Wildman–Crippen LogP) is 4.07. The lowest BCUT2D eigenvalue weighted by Crippen LogP contribution is -2.38. The molecule has 1 aliphatic heterocycles. The first-order valence-corrected chi connectivity index (χ1v) is 8.34. The van der Waals surface area contributed by atoms with Crippen LogP contribution >= 0.6 is 0 Å². The van der Waals surface area contributed by atoms with Gasteiger partial charge in [-0.15, -0.1) is 0 Å². The molecule has 1 nitrogen and oxygen atoms in total. The van der Waals surface area contributed by atoms with Crippen LogP contribution in [0, 0.1) is 18.8 Å². The molecule has 0 amide bonds. The quantitative estimate of drug-likeness (QED) is 0.810. The molecule has 4 atom stereocenters. The third-order valence-corrected chi connectivity index (χ3v) is 5.28. The molecule has 1 heteroatoms. The molecule has 0 N–H and O–H groups in total. The molecule has 4 rings (SSSR count). The number of benzene rings is 1. The van der Waals surface area contributed by atoms with Crippen LogP contribution in [0.1, 0.15) is 11.1 Å². The van der Waals surface area contributed by atoms with Crippen molar-refractivity contribution in [2.75, 3.05) is 6.54 Å². The maximum Gasteiger partial charge on any atom is 0.0356 e. The Hall–Kier alpha value is -1.86. The SMILES string of the molecule is Cc1ccc(CCN2C3C=CC=CC3C3C=CC=CC32)cc1. The molecule has 112 valence electrons. The van der Waals surface area contributed by atoms with Crippen LogP contribution in [-0.4, -0.2) is 23.5 Å². The molecule has 0 spiro atoms. The Labute approximate surface area is 133 Å². The number of aryl methyl sites for hydroxylation is 1. The number of fused-ring (bicyclic) bond motifs is 3. The van der Waals surface area contributed by atoms with E-state index in [2.05, 4.69) is 84.7 Å². The minimum atomic E-state index is 0.554. The van der Waals surface area contributed by atoms with Crippen molar-refractivity contribution in [1.29, 1.82) is 0 Å². The van der Waals surface area contributed by atoms with Crippen molar-refractivity contribution in [3.05, 3.63) is 84.0 Å². The van der Waals surface area contributed by atoms with Gasteiger partial charge in [-0.2, -0.15) is 0 Å². The normalized spacial score (nSPS) is 32.2. The Morgan fingerprint density at radius 3 is 1.91 bits per heavy atom. The van der Waals surface area contributed by atoms with Gasteiger partial charge in [0.1, 0.15) is 0 Å². The highest BCUT2D eigenvalue weighted by molar-refractivity contribution is 5.31. The summed E-state index contributed by atoms with van der Waals surface area (Å²) in [7, 11) is 0. The Kier molecular flexibility index (Phi) is 3.59. The number of likely N-dealkylation sites (tertiary alicyclic amines) is 1. The lowest BCUT2D eigenvalue weighted by molar-refractivity contribution is 0.238. The fourth-order valence-electron chi connectivity index (χ4n) is 4.11. The average molecular weight is 289 g/mol. The highest BCUT2D eigenvalue weighted by Gasteiger charge is 2.44. The van der Waals surface area contributed by atoms with Gasteiger partial charge in [0, 0.05) is 30.5 Å². The van der Waals surface area contributed by atoms with Crippen LogP contribution in [0.2, 0.25) is 0 Å². The van der Waals surface area contributed by atoms with Gasteiger partial charge < -0.3 is 0 Å². The van der Waals surface area contributed by atoms with E-state index in [1.54, 1.807) is 0 Å². The van der Waals surface area contributed by atoms with E-state index in [1.807, 2.05) is 0 Å². The molecular formula is C21H23N. The monoisotopic (exact) mass is 289 g/mol. The second-order valence-electron chi connectivity index (χ2n) is 6.65. The van der Waals surface area contributed by atoms with Gasteiger partial charge >= 0.3 is 0 Å². The maximum atomic E-state index is 2.69. The van der Waals surface area contributed by atoms with E-state index >= 15 is 0 Å². The van der Waals surface area contributed by atoms with Gasteiger partial charge in [0.15, 0.2) is 0 Å². The lowest BCUT2D eigenvalue weighted by atomic mass is 9.83. The number of hydrogen-bond donors (Lipinski definition) is 0. The minimum absolute atomic E-state index is 0.554. The fraction of sp³-hybridized carbons (Fsp3) is 0.333. The van der Waals surface area contributed by atoms with Crippen LogP contribution in [0.25, 0.3) is 0 Å². The molecule has 1 aromatic rings. The highest BCUT2D eigenvalue weighted by Crippen LogP contribution is 2.41. The van der Waals surface area contributed by atoms with Crippen molar-refractivity contribution in [3.63, 3.8) is 0 Å². The topological polar surface area (TPSA) is 3.24 Å². The smallest absolute Gasteiger partial charge is 0.0356 e. The Bertz CT molecular complexity index is 613. The zero-order valence-corrected chi connectivity index (χ0v) is 13.1. The molecule has 22 heavy (non-hydrogen) atoms. The summed E-state index contributed by atoms with van der Waals surface area (Å²) in [6, 6.07) is 10.1. The Morgan fingerprint density at radius 1 is 0.773 bits per heavy atom. The first-order valence-electron chi connectivity index (χ1n) is 8.34. The largest absolute Gasteiger partial charge is 0.289 e. The summed E-state index contributed by atoms with van der Waals surface area (Å²) >= 11 is 0. The van der Waals surface area contributed by atoms with Crippen LogP contribution in [0.4, 0.5) is 0 Å². The third kappa shape index (κ3) is 2.40. The lowest BCUT2D eigenvalue weighted by Gasteiger charge is -2.29. The Balaban J connectivity index is 1.53. The number of allylic oxidation sites excluding steroid dienone is 4. The van der Waals surface area contributed by atoms with E-state index < -0.39 is 0 Å². The van der Waals surface area contributed by atoms with Crippen LogP contribution in [0.3, 0.4) is 0 Å². The van der Waals surface area contributed by atoms with Gasteiger partial charge in [-0.1, -0.05) is 78.4 Å². The summed E-state index contributed by atoms with van der Waals surface area (Å²) in [6.07, 6.45) is 19.6. The van der Waals surface area contributed by atoms with E-state index in [0.29, 0.717) is 23.9 Å². The third-order valence-electron chi connectivity index (χ3n) is 5.28. The van der Waals surface area contributed by atoms with Crippen LogP contribution in [0.15, 0.2) is 72.9 Å². The van der Waals surface area contributed by atoms with Crippen molar-refractivity contribution < 1.29 is 0 Å². The van der Waals surface area contributed by atoms with Crippen molar-refractivity contribution in [1.82, 2.24) is 4.90 Å². The van der Waals surface area contributed by atoms with E-state index in [-0.39, 0.29) is 0 Å². The van der Waals surface area contributed by atoms with Crippen LogP contribution in [0.5, 0.6) is 0 Å². The first kappa shape index (κ1) is 13.8. The molecule has 1 fully saturated rings. The molecule has 1 heterocycles. The summed E-state index contributed by atoms with van der Waals surface area (Å²) in [4.78, 5) is 2.69. The average Bonchev–Trinajstić information content (AvgIpc) is 2.89. The molecule has 4 unspecified atom stereocenters. The summed E-state index contributed by atoms with van der Waals surface area (Å²) in [5.74, 6) is 1.27. The second kappa shape index (κ2) is 5.73. The minimum Gasteiger partial charge on any atom is -0.289 e. The zero-order chi connectivity index (χ0) is 14.9. The zero-order valence-electron chi connectivity index (χ0n) is 13.1. The molecule has 0 radical (unpaired) electrons. The second-order valence-corrected chi connectivity index (χ2v) is 6.65. The van der Waals surface area contributed by atoms with Crippen molar-refractivity contribution >= 4 is 0 Å². The van der Waals surface area contributed by atoms with E-state index in [0.717, 1.165) is 13.0 Å². The van der Waals surface area contributed by atoms with Crippen LogP contribution < -0.4 is 0 Å². The molecule has 0 aromatic heterocycles. The van der Waals surface area contributed by atoms with Crippen molar-refractivity contribution in [3.8, 4) is 0 Å². The standard InChI is InChI=1S/C21H23N/c1-16-10-12-17(13-11-16)14-15-22-20-8-4-2-6-18(20)19-7-3-5-9-21(19)22/h2-13,18-21H,14-15H2,1H3. The molecular weight excluding hydrogens is 266 g/mol. The molecule has 2 aliphatic carbocycles. The Morgan fingerprint density at radius 2 is 1.32 bits per heavy atom. The summed E-state index contributed by atoms with van der Waals surface area (Å²) in [5.41, 5.74) is 2.78. The summed E-state index contributed by atoms with van der Waals surface area (Å²) < 4.78 is 0. The van der Waals surface area contributed by atoms with Gasteiger partial charge in [-0.3, -0.25) is 4.90 Å². The van der Waals surface area contributed by atoms with Crippen molar-refractivity contribution in [2.45, 2.75) is 25.4 Å². The molecule has 3 aliphatic rings.